The molecule has 12 heavy (non-hydrogen) atoms. The number of hydrogen-bond acceptors (Lipinski definition) is 2. The Kier molecular flexibility index (Phi) is 3.88. The van der Waals surface area contributed by atoms with Gasteiger partial charge in [-0.3, -0.25) is 0 Å². The minimum atomic E-state index is 0.184. The lowest BCUT2D eigenvalue weighted by Crippen LogP contribution is -2.17. The second kappa shape index (κ2) is 4.99. The van der Waals surface area contributed by atoms with E-state index in [1.807, 2.05) is 12.2 Å². The Balaban J connectivity index is 2.21. The van der Waals surface area contributed by atoms with E-state index in [-0.39, 0.29) is 6.04 Å². The van der Waals surface area contributed by atoms with Crippen LogP contribution >= 0.6 is 0 Å². The average molecular weight is 167 g/mol. The summed E-state index contributed by atoms with van der Waals surface area (Å²) in [6.07, 6.45) is 9.21. The Hall–Kier alpha value is -0.760. The van der Waals surface area contributed by atoms with Crippen LogP contribution in [0.2, 0.25) is 0 Å². The zero-order valence-electron chi connectivity index (χ0n) is 7.62. The van der Waals surface area contributed by atoms with E-state index in [0.717, 1.165) is 25.2 Å². The van der Waals surface area contributed by atoms with E-state index in [1.165, 1.54) is 6.42 Å². The highest BCUT2D eigenvalue weighted by Gasteiger charge is 2.03. The molecule has 0 aromatic rings. The highest BCUT2D eigenvalue weighted by Crippen LogP contribution is 2.10. The molecule has 0 spiro atoms. The van der Waals surface area contributed by atoms with Crippen molar-refractivity contribution < 1.29 is 4.74 Å². The minimum absolute atomic E-state index is 0.184. The van der Waals surface area contributed by atoms with Crippen LogP contribution in [0, 0.1) is 0 Å². The van der Waals surface area contributed by atoms with Crippen molar-refractivity contribution in [3.63, 3.8) is 0 Å². The number of allylic oxidation sites excluding steroid dienone is 1. The molecule has 1 atom stereocenters. The molecular formula is C10H17NO. The van der Waals surface area contributed by atoms with Gasteiger partial charge in [-0.1, -0.05) is 19.4 Å². The zero-order valence-corrected chi connectivity index (χ0v) is 7.62. The molecule has 1 aliphatic rings. The van der Waals surface area contributed by atoms with Crippen molar-refractivity contribution in [2.45, 2.75) is 32.2 Å². The van der Waals surface area contributed by atoms with Crippen molar-refractivity contribution in [3.8, 4) is 0 Å². The van der Waals surface area contributed by atoms with Gasteiger partial charge >= 0.3 is 0 Å². The number of rotatable bonds is 4. The molecule has 68 valence electrons. The third-order valence-corrected chi connectivity index (χ3v) is 1.87. The summed E-state index contributed by atoms with van der Waals surface area (Å²) in [6, 6.07) is 0.184. The van der Waals surface area contributed by atoms with Crippen LogP contribution in [0.25, 0.3) is 0 Å². The van der Waals surface area contributed by atoms with E-state index in [0.29, 0.717) is 0 Å². The van der Waals surface area contributed by atoms with Gasteiger partial charge in [-0.05, 0) is 25.0 Å². The predicted molar refractivity (Wildman–Crippen MR) is 50.7 cm³/mol. The number of hydrogen-bond donors (Lipinski definition) is 1. The van der Waals surface area contributed by atoms with Crippen molar-refractivity contribution in [1.29, 1.82) is 0 Å². The first-order valence-corrected chi connectivity index (χ1v) is 4.59. The fraction of sp³-hybridized carbons (Fsp3) is 0.600. The van der Waals surface area contributed by atoms with Crippen LogP contribution in [0.4, 0.5) is 0 Å². The van der Waals surface area contributed by atoms with Crippen molar-refractivity contribution in [2.24, 2.45) is 5.73 Å². The predicted octanol–water partition coefficient (Wildman–Crippen LogP) is 1.97. The Labute approximate surface area is 74.1 Å². The van der Waals surface area contributed by atoms with Gasteiger partial charge in [0.2, 0.25) is 0 Å². The largest absolute Gasteiger partial charge is 0.494 e. The maximum Gasteiger partial charge on any atom is 0.115 e. The quantitative estimate of drug-likeness (QED) is 0.650. The van der Waals surface area contributed by atoms with Gasteiger partial charge in [-0.15, -0.1) is 0 Å². The first-order valence-electron chi connectivity index (χ1n) is 4.59. The SMILES string of the molecule is CCCCOC1=CCC(N)C=C1. The molecule has 1 rings (SSSR count). The van der Waals surface area contributed by atoms with Gasteiger partial charge in [-0.2, -0.15) is 0 Å². The van der Waals surface area contributed by atoms with E-state index in [2.05, 4.69) is 13.0 Å². The van der Waals surface area contributed by atoms with E-state index in [1.54, 1.807) is 0 Å². The molecule has 0 saturated carbocycles. The summed E-state index contributed by atoms with van der Waals surface area (Å²) in [7, 11) is 0. The summed E-state index contributed by atoms with van der Waals surface area (Å²) in [5.74, 6) is 0.977. The number of ether oxygens (including phenoxy) is 1. The molecule has 0 bridgehead atoms. The number of unbranched alkanes of at least 4 members (excludes halogenated alkanes) is 1. The first-order chi connectivity index (χ1) is 5.83. The second-order valence-corrected chi connectivity index (χ2v) is 3.07. The lowest BCUT2D eigenvalue weighted by molar-refractivity contribution is 0.217. The summed E-state index contributed by atoms with van der Waals surface area (Å²) >= 11 is 0. The lowest BCUT2D eigenvalue weighted by Gasteiger charge is -2.12. The molecule has 0 amide bonds. The molecule has 0 saturated heterocycles. The van der Waals surface area contributed by atoms with Gasteiger partial charge in [0.25, 0.3) is 0 Å². The summed E-state index contributed by atoms with van der Waals surface area (Å²) in [5.41, 5.74) is 5.66. The molecule has 1 unspecified atom stereocenters. The second-order valence-electron chi connectivity index (χ2n) is 3.07. The fourth-order valence-electron chi connectivity index (χ4n) is 1.06. The highest BCUT2D eigenvalue weighted by atomic mass is 16.5. The first kappa shape index (κ1) is 9.33. The normalized spacial score (nSPS) is 22.2. The van der Waals surface area contributed by atoms with Crippen LogP contribution in [0.15, 0.2) is 24.0 Å². The molecule has 1 aliphatic carbocycles. The Morgan fingerprint density at radius 1 is 1.67 bits per heavy atom. The molecule has 2 heteroatoms. The van der Waals surface area contributed by atoms with Gasteiger partial charge < -0.3 is 10.5 Å². The maximum atomic E-state index is 5.66. The van der Waals surface area contributed by atoms with Crippen LogP contribution in [0.1, 0.15) is 26.2 Å². The molecular weight excluding hydrogens is 150 g/mol. The van der Waals surface area contributed by atoms with Crippen LogP contribution in [0.5, 0.6) is 0 Å². The summed E-state index contributed by atoms with van der Waals surface area (Å²) in [5, 5.41) is 0. The van der Waals surface area contributed by atoms with Crippen LogP contribution in [-0.4, -0.2) is 12.6 Å². The van der Waals surface area contributed by atoms with E-state index in [4.69, 9.17) is 10.5 Å². The van der Waals surface area contributed by atoms with Gasteiger partial charge in [0.05, 0.1) is 6.61 Å². The standard InChI is InChI=1S/C10H17NO/c1-2-3-8-12-10-6-4-9(11)5-7-10/h4,6-7,9H,2-3,5,8,11H2,1H3. The van der Waals surface area contributed by atoms with E-state index in [9.17, 15) is 0 Å². The summed E-state index contributed by atoms with van der Waals surface area (Å²) in [6.45, 7) is 2.98. The van der Waals surface area contributed by atoms with Crippen molar-refractivity contribution in [3.05, 3.63) is 24.0 Å². The molecule has 2 nitrogen and oxygen atoms in total. The van der Waals surface area contributed by atoms with Crippen molar-refractivity contribution in [2.75, 3.05) is 6.61 Å². The van der Waals surface area contributed by atoms with E-state index >= 15 is 0 Å². The molecule has 0 heterocycles. The smallest absolute Gasteiger partial charge is 0.115 e. The molecule has 2 N–H and O–H groups in total. The monoisotopic (exact) mass is 167 g/mol. The molecule has 0 aromatic carbocycles. The van der Waals surface area contributed by atoms with Crippen molar-refractivity contribution >= 4 is 0 Å². The Morgan fingerprint density at radius 2 is 2.50 bits per heavy atom. The zero-order chi connectivity index (χ0) is 8.81. The average Bonchev–Trinajstić information content (AvgIpc) is 2.09. The van der Waals surface area contributed by atoms with Gasteiger partial charge in [0.1, 0.15) is 5.76 Å². The molecule has 0 radical (unpaired) electrons. The maximum absolute atomic E-state index is 5.66. The summed E-state index contributed by atoms with van der Waals surface area (Å²) < 4.78 is 5.49. The third kappa shape index (κ3) is 3.09. The van der Waals surface area contributed by atoms with E-state index < -0.39 is 0 Å². The van der Waals surface area contributed by atoms with Crippen LogP contribution in [0.3, 0.4) is 0 Å². The molecule has 0 aromatic heterocycles. The van der Waals surface area contributed by atoms with Gasteiger partial charge in [0.15, 0.2) is 0 Å². The summed E-state index contributed by atoms with van der Waals surface area (Å²) in [4.78, 5) is 0. The van der Waals surface area contributed by atoms with Gasteiger partial charge in [-0.25, -0.2) is 0 Å². The van der Waals surface area contributed by atoms with Crippen LogP contribution in [-0.2, 0) is 4.74 Å². The fourth-order valence-corrected chi connectivity index (χ4v) is 1.06. The van der Waals surface area contributed by atoms with Crippen LogP contribution < -0.4 is 5.73 Å². The minimum Gasteiger partial charge on any atom is -0.494 e. The third-order valence-electron chi connectivity index (χ3n) is 1.87. The molecule has 0 aliphatic heterocycles. The number of nitrogens with two attached hydrogens (primary N) is 1. The topological polar surface area (TPSA) is 35.2 Å². The van der Waals surface area contributed by atoms with Gasteiger partial charge in [0, 0.05) is 6.04 Å². The Bertz CT molecular complexity index is 184. The lowest BCUT2D eigenvalue weighted by atomic mass is 10.1. The van der Waals surface area contributed by atoms with Crippen molar-refractivity contribution in [1.82, 2.24) is 0 Å². The Morgan fingerprint density at radius 3 is 3.08 bits per heavy atom. The molecule has 0 fully saturated rings. The highest BCUT2D eigenvalue weighted by molar-refractivity contribution is 5.19.